The highest BCUT2D eigenvalue weighted by Crippen LogP contribution is 2.33. The minimum absolute atomic E-state index is 0.00159. The van der Waals surface area contributed by atoms with E-state index in [4.69, 9.17) is 5.73 Å². The molecule has 4 amide bonds. The van der Waals surface area contributed by atoms with Crippen LogP contribution in [0.15, 0.2) is 36.4 Å². The Balaban J connectivity index is 1.26. The van der Waals surface area contributed by atoms with Crippen LogP contribution < -0.4 is 16.4 Å². The number of piperidine rings is 2. The lowest BCUT2D eigenvalue weighted by atomic mass is 9.82. The van der Waals surface area contributed by atoms with Crippen molar-refractivity contribution in [2.75, 3.05) is 63.4 Å². The number of fused-ring (bicyclic) bond motifs is 1. The molecule has 5 N–H and O–H groups in total. The van der Waals surface area contributed by atoms with Crippen molar-refractivity contribution in [3.8, 4) is 0 Å². The molecule has 0 aliphatic carbocycles. The topological polar surface area (TPSA) is 134 Å². The van der Waals surface area contributed by atoms with E-state index < -0.39 is 18.1 Å². The number of hydrogen-bond acceptors (Lipinski definition) is 6. The zero-order valence-corrected chi connectivity index (χ0v) is 27.2. The maximum atomic E-state index is 14.6. The lowest BCUT2D eigenvalue weighted by Crippen LogP contribution is -2.60. The van der Waals surface area contributed by atoms with E-state index in [1.807, 2.05) is 60.0 Å². The van der Waals surface area contributed by atoms with Crippen LogP contribution in [-0.2, 0) is 17.6 Å². The minimum Gasteiger partial charge on any atom is -0.465 e. The van der Waals surface area contributed by atoms with E-state index >= 15 is 0 Å². The normalized spacial score (nSPS) is 23.8. The van der Waals surface area contributed by atoms with Crippen molar-refractivity contribution >= 4 is 29.4 Å². The van der Waals surface area contributed by atoms with Gasteiger partial charge in [0.2, 0.25) is 5.91 Å². The predicted molar refractivity (Wildman–Crippen MR) is 179 cm³/mol. The average Bonchev–Trinajstić information content (AvgIpc) is 3.24. The highest BCUT2D eigenvalue weighted by atomic mass is 16.4. The molecule has 0 bridgehead atoms. The Morgan fingerprint density at radius 3 is 2.35 bits per heavy atom. The molecule has 4 aliphatic rings. The van der Waals surface area contributed by atoms with Gasteiger partial charge < -0.3 is 36.2 Å². The van der Waals surface area contributed by atoms with E-state index in [9.17, 15) is 19.5 Å². The standard InChI is InChI=1S/C35H49N7O4/c1-23-19-25(20-24(2)32(23)36)21-29(33(43)40-17-15-39(16-18-40)27-7-11-37-12-8-27)31-22-28(10-14-42(31)35(45)46)41-13-9-26-5-3-4-6-30(26)38-34(41)44/h3-6,19-20,27-29,31,37H,7-18,21-22,36H2,1-2H3,(H,38,44)(H,45,46)/t28?,29?,31-/m1/s1. The number of benzene rings is 2. The molecule has 2 aromatic carbocycles. The maximum absolute atomic E-state index is 14.6. The first-order valence-corrected chi connectivity index (χ1v) is 16.9. The van der Waals surface area contributed by atoms with Crippen LogP contribution in [-0.4, -0.2) is 113 Å². The van der Waals surface area contributed by atoms with Crippen molar-refractivity contribution in [3.05, 3.63) is 58.7 Å². The lowest BCUT2D eigenvalue weighted by molar-refractivity contribution is -0.140. The molecule has 3 saturated heterocycles. The number of nitrogens with zero attached hydrogens (tertiary/aromatic N) is 4. The molecule has 6 rings (SSSR count). The first kappa shape index (κ1) is 32.1. The van der Waals surface area contributed by atoms with Gasteiger partial charge in [-0.15, -0.1) is 0 Å². The Morgan fingerprint density at radius 2 is 1.65 bits per heavy atom. The van der Waals surface area contributed by atoms with Crippen LogP contribution in [0, 0.1) is 19.8 Å². The number of nitrogen functional groups attached to an aromatic ring is 1. The smallest absolute Gasteiger partial charge is 0.407 e. The van der Waals surface area contributed by atoms with Crippen LogP contribution in [0.5, 0.6) is 0 Å². The summed E-state index contributed by atoms with van der Waals surface area (Å²) in [7, 11) is 0. The zero-order valence-electron chi connectivity index (χ0n) is 27.2. The number of nitrogens with two attached hydrogens (primary N) is 1. The van der Waals surface area contributed by atoms with Gasteiger partial charge in [0, 0.05) is 68.8 Å². The van der Waals surface area contributed by atoms with E-state index in [0.29, 0.717) is 51.4 Å². The van der Waals surface area contributed by atoms with Crippen molar-refractivity contribution in [2.24, 2.45) is 5.92 Å². The third-order valence-electron chi connectivity index (χ3n) is 10.8. The monoisotopic (exact) mass is 631 g/mol. The van der Waals surface area contributed by atoms with Gasteiger partial charge in [-0.05, 0) is 93.8 Å². The molecule has 4 aliphatic heterocycles. The van der Waals surface area contributed by atoms with Crippen molar-refractivity contribution < 1.29 is 19.5 Å². The minimum atomic E-state index is -1.02. The summed E-state index contributed by atoms with van der Waals surface area (Å²) < 4.78 is 0. The van der Waals surface area contributed by atoms with Gasteiger partial charge in [-0.25, -0.2) is 9.59 Å². The van der Waals surface area contributed by atoms with Crippen molar-refractivity contribution in [1.82, 2.24) is 24.9 Å². The van der Waals surface area contributed by atoms with Gasteiger partial charge in [0.05, 0.1) is 5.92 Å². The van der Waals surface area contributed by atoms with Gasteiger partial charge >= 0.3 is 12.1 Å². The number of anilines is 2. The van der Waals surface area contributed by atoms with E-state index in [1.165, 1.54) is 4.90 Å². The Hall–Kier alpha value is -3.83. The summed E-state index contributed by atoms with van der Waals surface area (Å²) in [4.78, 5) is 48.6. The van der Waals surface area contributed by atoms with Gasteiger partial charge in [0.15, 0.2) is 0 Å². The number of amides is 4. The first-order valence-electron chi connectivity index (χ1n) is 16.9. The van der Waals surface area contributed by atoms with E-state index in [0.717, 1.165) is 72.6 Å². The number of carbonyl (C=O) groups excluding carboxylic acids is 2. The van der Waals surface area contributed by atoms with Crippen LogP contribution in [0.2, 0.25) is 0 Å². The summed E-state index contributed by atoms with van der Waals surface area (Å²) in [5.74, 6) is -0.583. The van der Waals surface area contributed by atoms with Crippen molar-refractivity contribution in [2.45, 2.75) is 70.5 Å². The third-order valence-corrected chi connectivity index (χ3v) is 10.8. The second kappa shape index (κ2) is 13.9. The molecule has 0 spiro atoms. The molecular weight excluding hydrogens is 582 g/mol. The Morgan fingerprint density at radius 1 is 0.957 bits per heavy atom. The fourth-order valence-electron chi connectivity index (χ4n) is 8.16. The number of carbonyl (C=O) groups is 3. The SMILES string of the molecule is Cc1cc(CC(C(=O)N2CCN(C3CCNCC3)CC2)[C@H]2CC(N3CCc4ccccc4NC3=O)CCN2C(=O)O)cc(C)c1N. The van der Waals surface area contributed by atoms with Crippen LogP contribution in [0.1, 0.15) is 47.9 Å². The molecule has 2 aromatic rings. The third kappa shape index (κ3) is 6.80. The molecule has 11 nitrogen and oxygen atoms in total. The fourth-order valence-corrected chi connectivity index (χ4v) is 8.16. The molecule has 11 heteroatoms. The van der Waals surface area contributed by atoms with Gasteiger partial charge in [0.25, 0.3) is 0 Å². The molecule has 3 atom stereocenters. The summed E-state index contributed by atoms with van der Waals surface area (Å²) >= 11 is 0. The van der Waals surface area contributed by atoms with Gasteiger partial charge in [-0.1, -0.05) is 30.3 Å². The summed E-state index contributed by atoms with van der Waals surface area (Å²) in [6.45, 7) is 9.74. The number of piperazine rings is 1. The second-order valence-corrected chi connectivity index (χ2v) is 13.5. The largest absolute Gasteiger partial charge is 0.465 e. The van der Waals surface area contributed by atoms with Crippen LogP contribution in [0.3, 0.4) is 0 Å². The van der Waals surface area contributed by atoms with Crippen molar-refractivity contribution in [3.63, 3.8) is 0 Å². The number of hydrogen-bond donors (Lipinski definition) is 4. The molecule has 0 aromatic heterocycles. The molecule has 4 heterocycles. The fraction of sp³-hybridized carbons (Fsp3) is 0.571. The number of likely N-dealkylation sites (tertiary alicyclic amines) is 1. The van der Waals surface area contributed by atoms with Crippen molar-refractivity contribution in [1.29, 1.82) is 0 Å². The Bertz CT molecular complexity index is 1410. The number of carboxylic acid groups (broad SMARTS) is 1. The van der Waals surface area contributed by atoms with Gasteiger partial charge in [0.1, 0.15) is 0 Å². The van der Waals surface area contributed by atoms with E-state index in [2.05, 4.69) is 15.5 Å². The molecule has 46 heavy (non-hydrogen) atoms. The predicted octanol–water partition coefficient (Wildman–Crippen LogP) is 3.54. The Kier molecular flexibility index (Phi) is 9.70. The van der Waals surface area contributed by atoms with E-state index in [1.54, 1.807) is 0 Å². The van der Waals surface area contributed by atoms with Gasteiger partial charge in [-0.3, -0.25) is 9.69 Å². The molecule has 0 saturated carbocycles. The molecule has 3 fully saturated rings. The highest BCUT2D eigenvalue weighted by Gasteiger charge is 2.44. The number of aryl methyl sites for hydroxylation is 2. The lowest BCUT2D eigenvalue weighted by Gasteiger charge is -2.46. The first-order chi connectivity index (χ1) is 22.2. The summed E-state index contributed by atoms with van der Waals surface area (Å²) in [6.07, 6.45) is 3.30. The van der Waals surface area contributed by atoms with Gasteiger partial charge in [-0.2, -0.15) is 0 Å². The van der Waals surface area contributed by atoms with E-state index in [-0.39, 0.29) is 24.5 Å². The highest BCUT2D eigenvalue weighted by molar-refractivity contribution is 5.91. The number of urea groups is 1. The maximum Gasteiger partial charge on any atom is 0.407 e. The quantitative estimate of drug-likeness (QED) is 0.359. The van der Waals surface area contributed by atoms with Crippen LogP contribution in [0.4, 0.5) is 21.0 Å². The summed E-state index contributed by atoms with van der Waals surface area (Å²) in [5.41, 5.74) is 11.8. The summed E-state index contributed by atoms with van der Waals surface area (Å²) in [6, 6.07) is 11.5. The molecule has 2 unspecified atom stereocenters. The molecule has 248 valence electrons. The average molecular weight is 632 g/mol. The number of rotatable bonds is 6. The molecule has 0 radical (unpaired) electrons. The van der Waals surface area contributed by atoms with Crippen LogP contribution in [0.25, 0.3) is 0 Å². The second-order valence-electron chi connectivity index (χ2n) is 13.5. The zero-order chi connectivity index (χ0) is 32.4. The Labute approximate surface area is 272 Å². The van der Waals surface area contributed by atoms with Crippen LogP contribution >= 0.6 is 0 Å². The number of para-hydroxylation sites is 1. The number of nitrogens with one attached hydrogen (secondary N) is 2. The summed E-state index contributed by atoms with van der Waals surface area (Å²) in [5, 5.41) is 16.9. The molecular formula is C35H49N7O4.